The first kappa shape index (κ1) is 20.1. The highest BCUT2D eigenvalue weighted by Gasteiger charge is 2.50. The highest BCUT2D eigenvalue weighted by molar-refractivity contribution is 6.11. The summed E-state index contributed by atoms with van der Waals surface area (Å²) in [6.07, 6.45) is 1.46. The molecule has 1 aliphatic heterocycles. The maximum absolute atomic E-state index is 13.1. The highest BCUT2D eigenvalue weighted by atomic mass is 16.3. The quantitative estimate of drug-likeness (QED) is 0.547. The van der Waals surface area contributed by atoms with E-state index in [4.69, 9.17) is 4.42 Å². The van der Waals surface area contributed by atoms with Gasteiger partial charge in [-0.1, -0.05) is 42.5 Å². The number of hydrogen-bond donors (Lipinski definition) is 3. The van der Waals surface area contributed by atoms with Gasteiger partial charge in [-0.2, -0.15) is 0 Å². The Morgan fingerprint density at radius 3 is 2.61 bits per heavy atom. The zero-order chi connectivity index (χ0) is 22.0. The topological polar surface area (TPSA) is 121 Å². The van der Waals surface area contributed by atoms with E-state index in [1.54, 1.807) is 31.2 Å². The van der Waals surface area contributed by atoms with Crippen molar-refractivity contribution in [1.29, 1.82) is 0 Å². The molecule has 1 atom stereocenters. The molecule has 158 valence electrons. The zero-order valence-corrected chi connectivity index (χ0v) is 16.7. The lowest BCUT2D eigenvalue weighted by Gasteiger charge is -2.24. The Bertz CT molecular complexity index is 1170. The van der Waals surface area contributed by atoms with E-state index >= 15 is 0 Å². The van der Waals surface area contributed by atoms with Gasteiger partial charge in [0.05, 0.1) is 12.8 Å². The van der Waals surface area contributed by atoms with Gasteiger partial charge in [0.15, 0.2) is 0 Å². The predicted molar refractivity (Wildman–Crippen MR) is 111 cm³/mol. The molecule has 1 aliphatic rings. The number of benzene rings is 2. The Hall–Kier alpha value is -4.14. The summed E-state index contributed by atoms with van der Waals surface area (Å²) in [7, 11) is 0. The Morgan fingerprint density at radius 2 is 1.84 bits per heavy atom. The summed E-state index contributed by atoms with van der Waals surface area (Å²) in [4.78, 5) is 50.6. The first-order chi connectivity index (χ1) is 14.9. The molecule has 9 heteroatoms. The van der Waals surface area contributed by atoms with Gasteiger partial charge in [-0.25, -0.2) is 9.59 Å². The number of nitrogens with one attached hydrogen (secondary N) is 3. The van der Waals surface area contributed by atoms with Crippen molar-refractivity contribution < 1.29 is 23.6 Å². The largest absolute Gasteiger partial charge is 0.467 e. The van der Waals surface area contributed by atoms with Crippen molar-refractivity contribution in [3.05, 3.63) is 72.2 Å². The van der Waals surface area contributed by atoms with E-state index in [0.29, 0.717) is 11.3 Å². The summed E-state index contributed by atoms with van der Waals surface area (Å²) in [6.45, 7) is 1.11. The summed E-state index contributed by atoms with van der Waals surface area (Å²) >= 11 is 0. The minimum atomic E-state index is -1.33. The Balaban J connectivity index is 1.45. The summed E-state index contributed by atoms with van der Waals surface area (Å²) in [5.74, 6) is -0.842. The van der Waals surface area contributed by atoms with Gasteiger partial charge in [-0.15, -0.1) is 0 Å². The first-order valence-corrected chi connectivity index (χ1v) is 9.61. The molecule has 1 fully saturated rings. The molecule has 0 saturated carbocycles. The molecule has 1 aromatic heterocycles. The third-order valence-corrected chi connectivity index (χ3v) is 5.16. The van der Waals surface area contributed by atoms with Gasteiger partial charge in [0, 0.05) is 0 Å². The number of carbonyl (C=O) groups is 4. The molecular formula is C22H20N4O5. The SMILES string of the molecule is C[C@]1(c2cccc3ccccc23)NC(=O)N(CC(=O)NC(=O)NCc2ccco2)C1=O. The number of furan rings is 1. The van der Waals surface area contributed by atoms with Crippen LogP contribution in [0.4, 0.5) is 9.59 Å². The van der Waals surface area contributed by atoms with Crippen molar-refractivity contribution in [1.82, 2.24) is 20.9 Å². The number of urea groups is 2. The molecule has 3 N–H and O–H groups in total. The molecule has 0 radical (unpaired) electrons. The zero-order valence-electron chi connectivity index (χ0n) is 16.7. The van der Waals surface area contributed by atoms with Gasteiger partial charge < -0.3 is 15.1 Å². The molecule has 9 nitrogen and oxygen atoms in total. The van der Waals surface area contributed by atoms with Crippen LogP contribution in [-0.4, -0.2) is 35.3 Å². The van der Waals surface area contributed by atoms with Crippen LogP contribution in [0.5, 0.6) is 0 Å². The highest BCUT2D eigenvalue weighted by Crippen LogP contribution is 2.33. The van der Waals surface area contributed by atoms with E-state index in [1.165, 1.54) is 6.26 Å². The molecule has 0 aliphatic carbocycles. The third kappa shape index (κ3) is 3.85. The minimum Gasteiger partial charge on any atom is -0.467 e. The second kappa shape index (κ2) is 7.94. The molecular weight excluding hydrogens is 400 g/mol. The standard InChI is InChI=1S/C22H20N4O5/c1-22(17-10-4-7-14-6-2-3-9-16(14)17)19(28)26(21(30)25-22)13-18(27)24-20(29)23-12-15-8-5-11-31-15/h2-11H,12-13H2,1H3,(H,25,30)(H2,23,24,27,29)/t22-/m1/s1. The molecule has 3 aromatic rings. The monoisotopic (exact) mass is 420 g/mol. The smallest absolute Gasteiger partial charge is 0.325 e. The van der Waals surface area contributed by atoms with Gasteiger partial charge in [0.2, 0.25) is 5.91 Å². The number of amides is 6. The fourth-order valence-electron chi connectivity index (χ4n) is 3.62. The molecule has 0 spiro atoms. The summed E-state index contributed by atoms with van der Waals surface area (Å²) in [6, 6.07) is 14.9. The lowest BCUT2D eigenvalue weighted by atomic mass is 9.88. The Labute approximate surface area is 177 Å². The summed E-state index contributed by atoms with van der Waals surface area (Å²) in [5, 5.41) is 8.99. The van der Waals surface area contributed by atoms with Crippen molar-refractivity contribution in [3.63, 3.8) is 0 Å². The second-order valence-electron chi connectivity index (χ2n) is 7.28. The maximum atomic E-state index is 13.1. The normalized spacial score (nSPS) is 18.2. The van der Waals surface area contributed by atoms with Crippen LogP contribution in [0.15, 0.2) is 65.3 Å². The van der Waals surface area contributed by atoms with Crippen LogP contribution in [-0.2, 0) is 21.7 Å². The van der Waals surface area contributed by atoms with Gasteiger partial charge in [-0.3, -0.25) is 19.8 Å². The number of hydrogen-bond acceptors (Lipinski definition) is 5. The average molecular weight is 420 g/mol. The molecule has 2 heterocycles. The molecule has 31 heavy (non-hydrogen) atoms. The Morgan fingerprint density at radius 1 is 1.06 bits per heavy atom. The number of fused-ring (bicyclic) bond motifs is 1. The Kier molecular flexibility index (Phi) is 5.16. The minimum absolute atomic E-state index is 0.0917. The van der Waals surface area contributed by atoms with Crippen LogP contribution in [0.3, 0.4) is 0 Å². The van der Waals surface area contributed by atoms with Crippen molar-refractivity contribution in [2.24, 2.45) is 0 Å². The third-order valence-electron chi connectivity index (χ3n) is 5.16. The van der Waals surface area contributed by atoms with E-state index < -0.39 is 36.0 Å². The van der Waals surface area contributed by atoms with Gasteiger partial charge in [0.1, 0.15) is 17.8 Å². The average Bonchev–Trinajstić information content (AvgIpc) is 3.35. The van der Waals surface area contributed by atoms with Gasteiger partial charge in [0.25, 0.3) is 5.91 Å². The number of carbonyl (C=O) groups excluding carboxylic acids is 4. The van der Waals surface area contributed by atoms with Crippen LogP contribution in [0.2, 0.25) is 0 Å². The van der Waals surface area contributed by atoms with Crippen LogP contribution in [0.25, 0.3) is 10.8 Å². The van der Waals surface area contributed by atoms with Crippen molar-refractivity contribution in [3.8, 4) is 0 Å². The lowest BCUT2D eigenvalue weighted by Crippen LogP contribution is -2.46. The molecule has 6 amide bonds. The lowest BCUT2D eigenvalue weighted by molar-refractivity contribution is -0.134. The van der Waals surface area contributed by atoms with E-state index in [2.05, 4.69) is 16.0 Å². The van der Waals surface area contributed by atoms with E-state index in [0.717, 1.165) is 15.7 Å². The predicted octanol–water partition coefficient (Wildman–Crippen LogP) is 2.23. The number of imide groups is 2. The van der Waals surface area contributed by atoms with Gasteiger partial charge in [-0.05, 0) is 35.4 Å². The van der Waals surface area contributed by atoms with Crippen molar-refractivity contribution in [2.45, 2.75) is 19.0 Å². The van der Waals surface area contributed by atoms with Crippen molar-refractivity contribution >= 4 is 34.6 Å². The summed E-state index contributed by atoms with van der Waals surface area (Å²) in [5.41, 5.74) is -0.706. The van der Waals surface area contributed by atoms with Crippen molar-refractivity contribution in [2.75, 3.05) is 6.54 Å². The number of nitrogens with zero attached hydrogens (tertiary/aromatic N) is 1. The molecule has 4 rings (SSSR count). The van der Waals surface area contributed by atoms with E-state index in [9.17, 15) is 19.2 Å². The van der Waals surface area contributed by atoms with E-state index in [1.807, 2.05) is 30.3 Å². The molecule has 0 unspecified atom stereocenters. The van der Waals surface area contributed by atoms with Gasteiger partial charge >= 0.3 is 12.1 Å². The second-order valence-corrected chi connectivity index (χ2v) is 7.28. The fraction of sp³-hybridized carbons (Fsp3) is 0.182. The van der Waals surface area contributed by atoms with Crippen LogP contribution in [0, 0.1) is 0 Å². The van der Waals surface area contributed by atoms with Crippen LogP contribution < -0.4 is 16.0 Å². The molecule has 0 bridgehead atoms. The number of rotatable bonds is 5. The first-order valence-electron chi connectivity index (χ1n) is 9.61. The maximum Gasteiger partial charge on any atom is 0.325 e. The van der Waals surface area contributed by atoms with E-state index in [-0.39, 0.29) is 6.54 Å². The summed E-state index contributed by atoms with van der Waals surface area (Å²) < 4.78 is 5.09. The molecule has 1 saturated heterocycles. The fourth-order valence-corrected chi connectivity index (χ4v) is 3.62. The van der Waals surface area contributed by atoms with Crippen LogP contribution >= 0.6 is 0 Å². The van der Waals surface area contributed by atoms with Crippen LogP contribution in [0.1, 0.15) is 18.2 Å². The molecule has 2 aromatic carbocycles.